The summed E-state index contributed by atoms with van der Waals surface area (Å²) in [5, 5.41) is 8.89. The van der Waals surface area contributed by atoms with Crippen molar-refractivity contribution >= 4 is 21.9 Å². The van der Waals surface area contributed by atoms with Gasteiger partial charge in [-0.2, -0.15) is 17.5 Å². The molecule has 1 aliphatic heterocycles. The summed E-state index contributed by atoms with van der Waals surface area (Å²) in [7, 11) is -3.91. The van der Waals surface area contributed by atoms with Crippen LogP contribution in [0, 0.1) is 5.82 Å². The van der Waals surface area contributed by atoms with Gasteiger partial charge in [-0.05, 0) is 35.4 Å². The average Bonchev–Trinajstić information content (AvgIpc) is 2.72. The second-order valence-electron chi connectivity index (χ2n) is 7.49. The number of nitrogens with zero attached hydrogens (tertiary/aromatic N) is 2. The summed E-state index contributed by atoms with van der Waals surface area (Å²) in [5.74, 6) is -3.02. The molecule has 0 aromatic heterocycles. The summed E-state index contributed by atoms with van der Waals surface area (Å²) < 4.78 is 78.7. The Morgan fingerprint density at radius 2 is 1.58 bits per heavy atom. The van der Waals surface area contributed by atoms with Crippen LogP contribution in [0.2, 0.25) is 0 Å². The molecule has 0 spiro atoms. The Morgan fingerprint density at radius 3 is 2.15 bits per heavy atom. The largest absolute Gasteiger partial charge is 0.481 e. The number of aliphatic carboxylic acids is 1. The number of sulfonamides is 1. The summed E-state index contributed by atoms with van der Waals surface area (Å²) in [5.41, 5.74) is -0.998. The monoisotopic (exact) mass is 488 g/mol. The summed E-state index contributed by atoms with van der Waals surface area (Å²) in [6.07, 6.45) is -5.48. The first-order valence-corrected chi connectivity index (χ1v) is 11.3. The quantitative estimate of drug-likeness (QED) is 0.631. The van der Waals surface area contributed by atoms with Crippen molar-refractivity contribution < 1.29 is 40.7 Å². The number of rotatable bonds is 6. The summed E-state index contributed by atoms with van der Waals surface area (Å²) in [4.78, 5) is 24.7. The minimum Gasteiger partial charge on any atom is -0.481 e. The van der Waals surface area contributed by atoms with E-state index in [1.165, 1.54) is 33.5 Å². The summed E-state index contributed by atoms with van der Waals surface area (Å²) in [6, 6.07) is 7.90. The predicted molar refractivity (Wildman–Crippen MR) is 108 cm³/mol. The smallest absolute Gasteiger partial charge is 0.419 e. The molecule has 3 rings (SSSR count). The zero-order chi connectivity index (χ0) is 24.4. The van der Waals surface area contributed by atoms with E-state index in [1.54, 1.807) is 0 Å². The normalized spacial score (nSPS) is 15.5. The molecule has 33 heavy (non-hydrogen) atoms. The first kappa shape index (κ1) is 24.6. The molecule has 1 fully saturated rings. The van der Waals surface area contributed by atoms with Crippen LogP contribution >= 0.6 is 0 Å². The number of carbonyl (C=O) groups excluding carboxylic acids is 1. The second kappa shape index (κ2) is 9.48. The molecule has 1 N–H and O–H groups in total. The van der Waals surface area contributed by atoms with Crippen molar-refractivity contribution in [2.45, 2.75) is 23.9 Å². The number of hydrogen-bond acceptors (Lipinski definition) is 4. The van der Waals surface area contributed by atoms with E-state index in [0.717, 1.165) is 6.07 Å². The van der Waals surface area contributed by atoms with Crippen molar-refractivity contribution in [3.8, 4) is 0 Å². The van der Waals surface area contributed by atoms with Gasteiger partial charge < -0.3 is 10.0 Å². The number of hydrogen-bond donors (Lipinski definition) is 1. The van der Waals surface area contributed by atoms with Crippen molar-refractivity contribution in [1.82, 2.24) is 9.21 Å². The zero-order valence-electron chi connectivity index (χ0n) is 17.2. The van der Waals surface area contributed by atoms with Gasteiger partial charge in [0.25, 0.3) is 0 Å². The molecule has 1 saturated heterocycles. The molecule has 0 atom stereocenters. The first-order chi connectivity index (χ1) is 15.4. The summed E-state index contributed by atoms with van der Waals surface area (Å²) >= 11 is 0. The Balaban J connectivity index is 1.63. The topological polar surface area (TPSA) is 95.0 Å². The van der Waals surface area contributed by atoms with Crippen LogP contribution in [-0.4, -0.2) is 60.8 Å². The van der Waals surface area contributed by atoms with Crippen LogP contribution in [0.15, 0.2) is 47.4 Å². The van der Waals surface area contributed by atoms with Crippen molar-refractivity contribution in [3.63, 3.8) is 0 Å². The second-order valence-corrected chi connectivity index (χ2v) is 9.43. The van der Waals surface area contributed by atoms with Crippen molar-refractivity contribution in [2.24, 2.45) is 0 Å². The number of carbonyl (C=O) groups is 2. The molecule has 2 aromatic rings. The van der Waals surface area contributed by atoms with Crippen LogP contribution in [0.3, 0.4) is 0 Å². The summed E-state index contributed by atoms with van der Waals surface area (Å²) in [6.45, 7) is 0.0726. The van der Waals surface area contributed by atoms with E-state index in [4.69, 9.17) is 5.11 Å². The van der Waals surface area contributed by atoms with Gasteiger partial charge in [0, 0.05) is 26.2 Å². The molecule has 0 saturated carbocycles. The van der Waals surface area contributed by atoms with Gasteiger partial charge in [0.05, 0.1) is 23.3 Å². The Morgan fingerprint density at radius 1 is 0.939 bits per heavy atom. The van der Waals surface area contributed by atoms with E-state index in [0.29, 0.717) is 17.7 Å². The standard InChI is InChI=1S/C21H20F4N2O5S/c22-18-11-15(4-5-17(18)21(23,24)25)12-19(28)26-6-8-27(9-7-26)33(31,32)16-3-1-2-14(10-16)13-20(29)30/h1-5,10-11H,6-9,12-13H2,(H,29,30). The molecule has 0 bridgehead atoms. The number of piperazine rings is 1. The maximum absolute atomic E-state index is 13.7. The van der Waals surface area contributed by atoms with Crippen LogP contribution in [0.1, 0.15) is 16.7 Å². The highest BCUT2D eigenvalue weighted by atomic mass is 32.2. The Kier molecular flexibility index (Phi) is 7.08. The molecule has 0 radical (unpaired) electrons. The number of amides is 1. The number of alkyl halides is 3. The third-order valence-electron chi connectivity index (χ3n) is 5.18. The Labute approximate surface area is 187 Å². The fourth-order valence-corrected chi connectivity index (χ4v) is 5.00. The molecular formula is C21H20F4N2O5S. The number of benzene rings is 2. The minimum absolute atomic E-state index is 0.0153. The van der Waals surface area contributed by atoms with Crippen LogP contribution in [-0.2, 0) is 38.6 Å². The maximum Gasteiger partial charge on any atom is 0.419 e. The third-order valence-corrected chi connectivity index (χ3v) is 7.07. The van der Waals surface area contributed by atoms with Gasteiger partial charge in [0.1, 0.15) is 5.82 Å². The molecule has 0 unspecified atom stereocenters. The molecule has 12 heteroatoms. The SMILES string of the molecule is O=C(O)Cc1cccc(S(=O)(=O)N2CCN(C(=O)Cc3ccc(C(F)(F)F)c(F)c3)CC2)c1. The van der Waals surface area contributed by atoms with Gasteiger partial charge in [-0.1, -0.05) is 18.2 Å². The molecule has 7 nitrogen and oxygen atoms in total. The van der Waals surface area contributed by atoms with E-state index < -0.39 is 39.5 Å². The molecule has 178 valence electrons. The van der Waals surface area contributed by atoms with Gasteiger partial charge in [0.15, 0.2) is 0 Å². The van der Waals surface area contributed by atoms with Crippen LogP contribution in [0.5, 0.6) is 0 Å². The third kappa shape index (κ3) is 5.88. The zero-order valence-corrected chi connectivity index (χ0v) is 18.0. The van der Waals surface area contributed by atoms with Crippen LogP contribution < -0.4 is 0 Å². The van der Waals surface area contributed by atoms with Gasteiger partial charge >= 0.3 is 12.1 Å². The lowest BCUT2D eigenvalue weighted by Gasteiger charge is -2.34. The average molecular weight is 488 g/mol. The van der Waals surface area contributed by atoms with E-state index in [-0.39, 0.29) is 49.5 Å². The lowest BCUT2D eigenvalue weighted by molar-refractivity contribution is -0.140. The lowest BCUT2D eigenvalue weighted by atomic mass is 10.1. The van der Waals surface area contributed by atoms with E-state index in [9.17, 15) is 35.6 Å². The van der Waals surface area contributed by atoms with Gasteiger partial charge in [-0.3, -0.25) is 9.59 Å². The Bertz CT molecular complexity index is 1160. The Hall–Kier alpha value is -2.99. The maximum atomic E-state index is 13.7. The van der Waals surface area contributed by atoms with Crippen molar-refractivity contribution in [1.29, 1.82) is 0 Å². The van der Waals surface area contributed by atoms with Crippen LogP contribution in [0.4, 0.5) is 17.6 Å². The van der Waals surface area contributed by atoms with Crippen molar-refractivity contribution in [2.75, 3.05) is 26.2 Å². The number of carboxylic acid groups (broad SMARTS) is 1. The molecule has 2 aromatic carbocycles. The van der Waals surface area contributed by atoms with Gasteiger partial charge in [-0.25, -0.2) is 12.8 Å². The molecule has 1 heterocycles. The number of carboxylic acids is 1. The van der Waals surface area contributed by atoms with E-state index in [2.05, 4.69) is 0 Å². The minimum atomic E-state index is -4.83. The molecule has 1 aliphatic rings. The fourth-order valence-electron chi connectivity index (χ4n) is 3.50. The lowest BCUT2D eigenvalue weighted by Crippen LogP contribution is -2.50. The first-order valence-electron chi connectivity index (χ1n) is 9.82. The van der Waals surface area contributed by atoms with Gasteiger partial charge in [-0.15, -0.1) is 0 Å². The fraction of sp³-hybridized carbons (Fsp3) is 0.333. The van der Waals surface area contributed by atoms with Crippen molar-refractivity contribution in [3.05, 3.63) is 65.0 Å². The molecule has 1 amide bonds. The van der Waals surface area contributed by atoms with Gasteiger partial charge in [0.2, 0.25) is 15.9 Å². The molecular weight excluding hydrogens is 468 g/mol. The highest BCUT2D eigenvalue weighted by Crippen LogP contribution is 2.31. The predicted octanol–water partition coefficient (Wildman–Crippen LogP) is 2.55. The number of halogens is 4. The van der Waals surface area contributed by atoms with E-state index in [1.807, 2.05) is 0 Å². The van der Waals surface area contributed by atoms with Crippen LogP contribution in [0.25, 0.3) is 0 Å². The molecule has 0 aliphatic carbocycles. The van der Waals surface area contributed by atoms with E-state index >= 15 is 0 Å². The highest BCUT2D eigenvalue weighted by molar-refractivity contribution is 7.89. The highest BCUT2D eigenvalue weighted by Gasteiger charge is 2.34.